The number of hydrogen-bond acceptors (Lipinski definition) is 5. The zero-order chi connectivity index (χ0) is 14.5. The molecule has 2 aromatic carbocycles. The monoisotopic (exact) mass is 273 g/mol. The highest BCUT2D eigenvalue weighted by Crippen LogP contribution is 2.21. The predicted octanol–water partition coefficient (Wildman–Crippen LogP) is 2.34. The van der Waals surface area contributed by atoms with Crippen LogP contribution in [0, 0.1) is 0 Å². The highest BCUT2D eigenvalue weighted by molar-refractivity contribution is 5.93. The molecule has 104 valence electrons. The molecule has 0 bridgehead atoms. The van der Waals surface area contributed by atoms with Gasteiger partial charge in [0.25, 0.3) is 0 Å². The highest BCUT2D eigenvalue weighted by Gasteiger charge is 2.13. The molecule has 0 amide bonds. The molecule has 5 heteroatoms. The van der Waals surface area contributed by atoms with Gasteiger partial charge in [0.05, 0.1) is 7.11 Å². The third-order valence-corrected chi connectivity index (χ3v) is 2.77. The largest absolute Gasteiger partial charge is 0.507 e. The second-order valence-corrected chi connectivity index (χ2v) is 4.20. The number of carbonyl (C=O) groups is 1. The first kappa shape index (κ1) is 13.7. The van der Waals surface area contributed by atoms with Crippen molar-refractivity contribution in [3.8, 4) is 11.5 Å². The van der Waals surface area contributed by atoms with E-state index in [0.29, 0.717) is 5.69 Å². The highest BCUT2D eigenvalue weighted by atomic mass is 16.5. The Morgan fingerprint density at radius 3 is 2.55 bits per heavy atom. The summed E-state index contributed by atoms with van der Waals surface area (Å²) in [6, 6.07) is 11.4. The third-order valence-electron chi connectivity index (χ3n) is 2.77. The average molecular weight is 273 g/mol. The summed E-state index contributed by atoms with van der Waals surface area (Å²) in [4.78, 5) is 11.9. The van der Waals surface area contributed by atoms with Crippen LogP contribution in [0.5, 0.6) is 11.5 Å². The van der Waals surface area contributed by atoms with Gasteiger partial charge in [-0.15, -0.1) is 0 Å². The van der Waals surface area contributed by atoms with Gasteiger partial charge in [0.1, 0.15) is 23.7 Å². The summed E-state index contributed by atoms with van der Waals surface area (Å²) in [5.41, 5.74) is 6.84. The molecule has 20 heavy (non-hydrogen) atoms. The van der Waals surface area contributed by atoms with Crippen molar-refractivity contribution in [2.24, 2.45) is 0 Å². The van der Waals surface area contributed by atoms with Crippen LogP contribution in [0.15, 0.2) is 42.5 Å². The van der Waals surface area contributed by atoms with E-state index in [1.54, 1.807) is 31.4 Å². The summed E-state index contributed by atoms with van der Waals surface area (Å²) in [6.07, 6.45) is 0. The maximum Gasteiger partial charge on any atom is 0.342 e. The van der Waals surface area contributed by atoms with Crippen LogP contribution < -0.4 is 10.5 Å². The van der Waals surface area contributed by atoms with Gasteiger partial charge in [-0.25, -0.2) is 4.79 Å². The van der Waals surface area contributed by atoms with Crippen LogP contribution in [-0.4, -0.2) is 18.2 Å². The number of methoxy groups -OCH3 is 1. The number of esters is 1. The first-order valence-electron chi connectivity index (χ1n) is 5.98. The molecule has 0 spiro atoms. The van der Waals surface area contributed by atoms with Gasteiger partial charge in [0.2, 0.25) is 0 Å². The quantitative estimate of drug-likeness (QED) is 0.507. The first-order valence-corrected chi connectivity index (χ1v) is 5.98. The van der Waals surface area contributed by atoms with Crippen LogP contribution in [0.1, 0.15) is 15.9 Å². The van der Waals surface area contributed by atoms with Gasteiger partial charge in [-0.3, -0.25) is 0 Å². The minimum Gasteiger partial charge on any atom is -0.507 e. The molecule has 0 aliphatic carbocycles. The molecule has 0 radical (unpaired) electrons. The summed E-state index contributed by atoms with van der Waals surface area (Å²) < 4.78 is 10.2. The number of ether oxygens (including phenoxy) is 2. The zero-order valence-corrected chi connectivity index (χ0v) is 11.0. The molecule has 0 heterocycles. The smallest absolute Gasteiger partial charge is 0.342 e. The molecular weight excluding hydrogens is 258 g/mol. The Hall–Kier alpha value is -2.69. The number of nitrogen functional groups attached to an aromatic ring is 1. The molecule has 0 aromatic heterocycles. The Morgan fingerprint density at radius 1 is 1.20 bits per heavy atom. The van der Waals surface area contributed by atoms with E-state index < -0.39 is 5.97 Å². The molecule has 0 aliphatic heterocycles. The van der Waals surface area contributed by atoms with E-state index in [1.807, 2.05) is 0 Å². The van der Waals surface area contributed by atoms with Crippen LogP contribution in [0.2, 0.25) is 0 Å². The Morgan fingerprint density at radius 2 is 1.90 bits per heavy atom. The fraction of sp³-hybridized carbons (Fsp3) is 0.133. The lowest BCUT2D eigenvalue weighted by molar-refractivity contribution is 0.0469. The Balaban J connectivity index is 2.02. The van der Waals surface area contributed by atoms with Gasteiger partial charge in [-0.05, 0) is 35.9 Å². The number of aromatic hydroxyl groups is 1. The lowest BCUT2D eigenvalue weighted by Gasteiger charge is -2.07. The normalized spacial score (nSPS) is 10.1. The molecule has 0 fully saturated rings. The number of rotatable bonds is 4. The van der Waals surface area contributed by atoms with Crippen LogP contribution in [0.4, 0.5) is 5.69 Å². The van der Waals surface area contributed by atoms with Crippen molar-refractivity contribution in [2.45, 2.75) is 6.61 Å². The van der Waals surface area contributed by atoms with E-state index in [2.05, 4.69) is 0 Å². The molecule has 0 atom stereocenters. The SMILES string of the molecule is COc1ccc(COC(=O)c2cc(N)ccc2O)cc1. The zero-order valence-electron chi connectivity index (χ0n) is 11.0. The summed E-state index contributed by atoms with van der Waals surface area (Å²) >= 11 is 0. The number of carbonyl (C=O) groups excluding carboxylic acids is 1. The number of phenolic OH excluding ortho intramolecular Hbond substituents is 1. The minimum atomic E-state index is -0.620. The first-order chi connectivity index (χ1) is 9.60. The second kappa shape index (κ2) is 5.97. The molecule has 2 aromatic rings. The molecule has 0 unspecified atom stereocenters. The predicted molar refractivity (Wildman–Crippen MR) is 74.6 cm³/mol. The van der Waals surface area contributed by atoms with Crippen molar-refractivity contribution in [1.82, 2.24) is 0 Å². The summed E-state index contributed by atoms with van der Waals surface area (Å²) in [5, 5.41) is 9.60. The van der Waals surface area contributed by atoms with E-state index in [4.69, 9.17) is 15.2 Å². The number of benzene rings is 2. The van der Waals surface area contributed by atoms with Crippen molar-refractivity contribution in [3.63, 3.8) is 0 Å². The van der Waals surface area contributed by atoms with Crippen molar-refractivity contribution < 1.29 is 19.4 Å². The van der Waals surface area contributed by atoms with E-state index >= 15 is 0 Å². The third kappa shape index (κ3) is 3.20. The van der Waals surface area contributed by atoms with E-state index in [0.717, 1.165) is 11.3 Å². The standard InChI is InChI=1S/C15H15NO4/c1-19-12-5-2-10(3-6-12)9-20-15(18)13-8-11(16)4-7-14(13)17/h2-8,17H,9,16H2,1H3. The number of phenols is 1. The molecule has 2 rings (SSSR count). The van der Waals surface area contributed by atoms with Crippen LogP contribution in [-0.2, 0) is 11.3 Å². The molecule has 0 aliphatic rings. The van der Waals surface area contributed by atoms with Gasteiger partial charge in [0, 0.05) is 5.69 Å². The Kier molecular flexibility index (Phi) is 4.10. The second-order valence-electron chi connectivity index (χ2n) is 4.20. The Bertz CT molecular complexity index is 608. The van der Waals surface area contributed by atoms with E-state index in [1.165, 1.54) is 18.2 Å². The maximum atomic E-state index is 11.9. The van der Waals surface area contributed by atoms with Gasteiger partial charge < -0.3 is 20.3 Å². The van der Waals surface area contributed by atoms with Crippen molar-refractivity contribution in [2.75, 3.05) is 12.8 Å². The Labute approximate surface area is 116 Å². The lowest BCUT2D eigenvalue weighted by atomic mass is 10.2. The number of hydrogen-bond donors (Lipinski definition) is 2. The van der Waals surface area contributed by atoms with Crippen molar-refractivity contribution >= 4 is 11.7 Å². The number of anilines is 1. The summed E-state index contributed by atoms with van der Waals surface area (Å²) in [5.74, 6) is -0.0434. The van der Waals surface area contributed by atoms with Crippen LogP contribution in [0.3, 0.4) is 0 Å². The fourth-order valence-electron chi connectivity index (χ4n) is 1.67. The molecular formula is C15H15NO4. The van der Waals surface area contributed by atoms with E-state index in [9.17, 15) is 9.90 Å². The molecule has 3 N–H and O–H groups in total. The maximum absolute atomic E-state index is 11.9. The van der Waals surface area contributed by atoms with Crippen LogP contribution in [0.25, 0.3) is 0 Å². The summed E-state index contributed by atoms with van der Waals surface area (Å²) in [6.45, 7) is 0.108. The average Bonchev–Trinajstić information content (AvgIpc) is 2.47. The van der Waals surface area contributed by atoms with Crippen molar-refractivity contribution in [1.29, 1.82) is 0 Å². The minimum absolute atomic E-state index is 0.0542. The van der Waals surface area contributed by atoms with E-state index in [-0.39, 0.29) is 17.9 Å². The van der Waals surface area contributed by atoms with Gasteiger partial charge >= 0.3 is 5.97 Å². The number of nitrogens with two attached hydrogens (primary N) is 1. The molecule has 0 saturated carbocycles. The van der Waals surface area contributed by atoms with Crippen molar-refractivity contribution in [3.05, 3.63) is 53.6 Å². The molecule has 0 saturated heterocycles. The lowest BCUT2D eigenvalue weighted by Crippen LogP contribution is -2.06. The fourth-order valence-corrected chi connectivity index (χ4v) is 1.67. The topological polar surface area (TPSA) is 81.8 Å². The van der Waals surface area contributed by atoms with Gasteiger partial charge in [0.15, 0.2) is 0 Å². The van der Waals surface area contributed by atoms with Gasteiger partial charge in [-0.1, -0.05) is 12.1 Å². The van der Waals surface area contributed by atoms with Gasteiger partial charge in [-0.2, -0.15) is 0 Å². The van der Waals surface area contributed by atoms with Crippen LogP contribution >= 0.6 is 0 Å². The molecule has 5 nitrogen and oxygen atoms in total. The summed E-state index contributed by atoms with van der Waals surface area (Å²) in [7, 11) is 1.58.